The van der Waals surface area contributed by atoms with Gasteiger partial charge in [-0.25, -0.2) is 14.6 Å². The van der Waals surface area contributed by atoms with Crippen LogP contribution in [0.5, 0.6) is 11.5 Å². The van der Waals surface area contributed by atoms with Crippen molar-refractivity contribution in [3.8, 4) is 11.5 Å². The predicted molar refractivity (Wildman–Crippen MR) is 123 cm³/mol. The molecule has 0 spiro atoms. The number of carbonyl (C=O) groups excluding carboxylic acids is 3. The number of nitrogens with zero attached hydrogens (tertiary/aromatic N) is 1. The molecule has 0 fully saturated rings. The lowest BCUT2D eigenvalue weighted by Gasteiger charge is -2.20. The molecule has 0 saturated heterocycles. The van der Waals surface area contributed by atoms with Gasteiger partial charge in [0.15, 0.2) is 18.1 Å². The van der Waals surface area contributed by atoms with Crippen molar-refractivity contribution < 1.29 is 33.0 Å². The monoisotopic (exact) mass is 473 g/mol. The van der Waals surface area contributed by atoms with Crippen molar-refractivity contribution in [2.45, 2.75) is 26.8 Å². The third-order valence-corrected chi connectivity index (χ3v) is 4.57. The quantitative estimate of drug-likeness (QED) is 0.295. The van der Waals surface area contributed by atoms with Gasteiger partial charge in [-0.3, -0.25) is 9.59 Å². The minimum absolute atomic E-state index is 0.226. The molecule has 0 heterocycles. The van der Waals surface area contributed by atoms with Gasteiger partial charge >= 0.3 is 5.97 Å². The normalized spacial score (nSPS) is 11.7. The standard InChI is InChI=1S/C24H28FN3O6/c1-5-33-20-12-16(6-11-19(20)34-14-21(29)32-4)13-26-28-24(31)22(15(2)3)27-23(30)17-7-9-18(25)10-8-17/h6-13,15,22H,5,14H2,1-4H3,(H,27,30)(H,28,31)/b26-13+. The lowest BCUT2D eigenvalue weighted by Crippen LogP contribution is -2.48. The Kier molecular flexibility index (Phi) is 10.0. The lowest BCUT2D eigenvalue weighted by atomic mass is 10.0. The molecule has 0 aliphatic rings. The van der Waals surface area contributed by atoms with Crippen molar-refractivity contribution in [2.24, 2.45) is 11.0 Å². The summed E-state index contributed by atoms with van der Waals surface area (Å²) in [5, 5.41) is 6.60. The molecule has 0 aliphatic carbocycles. The molecule has 0 saturated carbocycles. The van der Waals surface area contributed by atoms with Crippen LogP contribution in [0.2, 0.25) is 0 Å². The number of ether oxygens (including phenoxy) is 3. The number of benzene rings is 2. The summed E-state index contributed by atoms with van der Waals surface area (Å²) in [5.74, 6) is -1.46. The third-order valence-electron chi connectivity index (χ3n) is 4.57. The van der Waals surface area contributed by atoms with Gasteiger partial charge in [-0.15, -0.1) is 0 Å². The van der Waals surface area contributed by atoms with Crippen molar-refractivity contribution in [2.75, 3.05) is 20.3 Å². The molecule has 2 rings (SSSR count). The Balaban J connectivity index is 2.04. The summed E-state index contributed by atoms with van der Waals surface area (Å²) in [4.78, 5) is 36.3. The van der Waals surface area contributed by atoms with Gasteiger partial charge in [-0.2, -0.15) is 5.10 Å². The predicted octanol–water partition coefficient (Wildman–Crippen LogP) is 2.68. The maximum atomic E-state index is 13.1. The number of esters is 1. The first-order valence-electron chi connectivity index (χ1n) is 10.6. The molecule has 1 unspecified atom stereocenters. The van der Waals surface area contributed by atoms with Gasteiger partial charge in [-0.1, -0.05) is 13.8 Å². The van der Waals surface area contributed by atoms with Crippen LogP contribution in [0.1, 0.15) is 36.7 Å². The van der Waals surface area contributed by atoms with E-state index in [0.29, 0.717) is 23.7 Å². The number of halogens is 1. The fourth-order valence-corrected chi connectivity index (χ4v) is 2.79. The van der Waals surface area contributed by atoms with E-state index >= 15 is 0 Å². The Morgan fingerprint density at radius 1 is 1.06 bits per heavy atom. The summed E-state index contributed by atoms with van der Waals surface area (Å²) in [6.07, 6.45) is 1.41. The molecule has 0 aromatic heterocycles. The number of hydrazone groups is 1. The lowest BCUT2D eigenvalue weighted by molar-refractivity contribution is -0.142. The second-order valence-electron chi connectivity index (χ2n) is 7.44. The molecule has 1 atom stereocenters. The van der Waals surface area contributed by atoms with Crippen molar-refractivity contribution in [3.05, 3.63) is 59.4 Å². The molecular weight excluding hydrogens is 445 g/mol. The second-order valence-corrected chi connectivity index (χ2v) is 7.44. The maximum absolute atomic E-state index is 13.1. The zero-order chi connectivity index (χ0) is 25.1. The molecule has 34 heavy (non-hydrogen) atoms. The Hall–Kier alpha value is -3.95. The van der Waals surface area contributed by atoms with Crippen LogP contribution in [0.4, 0.5) is 4.39 Å². The summed E-state index contributed by atoms with van der Waals surface area (Å²) in [6.45, 7) is 5.47. The topological polar surface area (TPSA) is 115 Å². The van der Waals surface area contributed by atoms with E-state index in [4.69, 9.17) is 9.47 Å². The zero-order valence-corrected chi connectivity index (χ0v) is 19.5. The molecule has 2 aromatic carbocycles. The first-order valence-corrected chi connectivity index (χ1v) is 10.6. The highest BCUT2D eigenvalue weighted by Crippen LogP contribution is 2.28. The summed E-state index contributed by atoms with van der Waals surface area (Å²) in [7, 11) is 1.26. The molecule has 9 nitrogen and oxygen atoms in total. The first kappa shape index (κ1) is 26.3. The van der Waals surface area contributed by atoms with Gasteiger partial charge in [0.05, 0.1) is 19.9 Å². The molecule has 0 radical (unpaired) electrons. The number of hydrogen-bond acceptors (Lipinski definition) is 7. The molecular formula is C24H28FN3O6. The van der Waals surface area contributed by atoms with Crippen LogP contribution in [-0.2, 0) is 14.3 Å². The molecule has 2 aromatic rings. The van der Waals surface area contributed by atoms with Gasteiger partial charge < -0.3 is 19.5 Å². The largest absolute Gasteiger partial charge is 0.490 e. The van der Waals surface area contributed by atoms with E-state index in [-0.39, 0.29) is 18.1 Å². The molecule has 0 aliphatic heterocycles. The minimum Gasteiger partial charge on any atom is -0.490 e. The van der Waals surface area contributed by atoms with E-state index in [1.54, 1.807) is 39.0 Å². The Labute approximate surface area is 197 Å². The average molecular weight is 474 g/mol. The first-order chi connectivity index (χ1) is 16.2. The van der Waals surface area contributed by atoms with Crippen molar-refractivity contribution in [3.63, 3.8) is 0 Å². The van der Waals surface area contributed by atoms with Crippen molar-refractivity contribution in [1.82, 2.24) is 10.7 Å². The van der Waals surface area contributed by atoms with Crippen LogP contribution in [-0.4, -0.2) is 50.4 Å². The van der Waals surface area contributed by atoms with E-state index in [0.717, 1.165) is 0 Å². The van der Waals surface area contributed by atoms with Crippen molar-refractivity contribution in [1.29, 1.82) is 0 Å². The van der Waals surface area contributed by atoms with E-state index in [2.05, 4.69) is 20.6 Å². The summed E-state index contributed by atoms with van der Waals surface area (Å²) in [6, 6.07) is 9.08. The number of amides is 2. The van der Waals surface area contributed by atoms with Crippen LogP contribution >= 0.6 is 0 Å². The van der Waals surface area contributed by atoms with E-state index in [1.165, 1.54) is 37.6 Å². The minimum atomic E-state index is -0.859. The maximum Gasteiger partial charge on any atom is 0.343 e. The number of methoxy groups -OCH3 is 1. The summed E-state index contributed by atoms with van der Waals surface area (Å²) < 4.78 is 28.6. The smallest absolute Gasteiger partial charge is 0.343 e. The fraction of sp³-hybridized carbons (Fsp3) is 0.333. The van der Waals surface area contributed by atoms with Crippen LogP contribution < -0.4 is 20.2 Å². The van der Waals surface area contributed by atoms with Crippen LogP contribution in [0, 0.1) is 11.7 Å². The van der Waals surface area contributed by atoms with Gasteiger partial charge in [0.25, 0.3) is 11.8 Å². The van der Waals surface area contributed by atoms with Crippen LogP contribution in [0.25, 0.3) is 0 Å². The number of rotatable bonds is 11. The van der Waals surface area contributed by atoms with Gasteiger partial charge in [-0.05, 0) is 60.9 Å². The highest BCUT2D eigenvalue weighted by Gasteiger charge is 2.24. The molecule has 2 amide bonds. The van der Waals surface area contributed by atoms with Gasteiger partial charge in [0, 0.05) is 5.56 Å². The van der Waals surface area contributed by atoms with E-state index < -0.39 is 29.6 Å². The highest BCUT2D eigenvalue weighted by atomic mass is 19.1. The highest BCUT2D eigenvalue weighted by molar-refractivity contribution is 5.97. The van der Waals surface area contributed by atoms with Gasteiger partial charge in [0.2, 0.25) is 0 Å². The van der Waals surface area contributed by atoms with Gasteiger partial charge in [0.1, 0.15) is 11.9 Å². The van der Waals surface area contributed by atoms with Crippen LogP contribution in [0.15, 0.2) is 47.6 Å². The third kappa shape index (κ3) is 7.88. The van der Waals surface area contributed by atoms with E-state index in [1.807, 2.05) is 0 Å². The SMILES string of the molecule is CCOc1cc(/C=N/NC(=O)C(NC(=O)c2ccc(F)cc2)C(C)C)ccc1OCC(=O)OC. The zero-order valence-electron chi connectivity index (χ0n) is 19.5. The Morgan fingerprint density at radius 2 is 1.76 bits per heavy atom. The Morgan fingerprint density at radius 3 is 2.38 bits per heavy atom. The number of carbonyl (C=O) groups is 3. The fourth-order valence-electron chi connectivity index (χ4n) is 2.79. The molecule has 0 bridgehead atoms. The average Bonchev–Trinajstić information content (AvgIpc) is 2.81. The second kappa shape index (κ2) is 12.9. The Bertz CT molecular complexity index is 1020. The summed E-state index contributed by atoms with van der Waals surface area (Å²) >= 11 is 0. The van der Waals surface area contributed by atoms with Crippen LogP contribution in [0.3, 0.4) is 0 Å². The summed E-state index contributed by atoms with van der Waals surface area (Å²) in [5.41, 5.74) is 3.25. The molecule has 2 N–H and O–H groups in total. The molecule has 182 valence electrons. The number of hydrogen-bond donors (Lipinski definition) is 2. The number of nitrogens with one attached hydrogen (secondary N) is 2. The van der Waals surface area contributed by atoms with E-state index in [9.17, 15) is 18.8 Å². The van der Waals surface area contributed by atoms with Crippen molar-refractivity contribution >= 4 is 24.0 Å². The molecule has 10 heteroatoms.